The second-order valence-electron chi connectivity index (χ2n) is 5.55. The molecule has 1 saturated carbocycles. The van der Waals surface area contributed by atoms with Crippen molar-refractivity contribution in [3.63, 3.8) is 0 Å². The highest BCUT2D eigenvalue weighted by molar-refractivity contribution is 7.99. The number of hydrogen-bond acceptors (Lipinski definition) is 3. The molecule has 1 aliphatic carbocycles. The third kappa shape index (κ3) is 5.44. The SMILES string of the molecule is OCC(CSCC1CC1)N[C@H](c1ccc(F)cc1)C(F)(F)F. The van der Waals surface area contributed by atoms with Gasteiger partial charge in [-0.3, -0.25) is 5.32 Å². The van der Waals surface area contributed by atoms with Crippen molar-refractivity contribution in [2.45, 2.75) is 31.1 Å². The monoisotopic (exact) mass is 337 g/mol. The lowest BCUT2D eigenvalue weighted by Crippen LogP contribution is -2.43. The molecule has 1 aromatic rings. The third-order valence-corrected chi connectivity index (χ3v) is 4.87. The fourth-order valence-electron chi connectivity index (χ4n) is 2.09. The highest BCUT2D eigenvalue weighted by Crippen LogP contribution is 2.34. The van der Waals surface area contributed by atoms with E-state index in [1.165, 1.54) is 12.8 Å². The van der Waals surface area contributed by atoms with Gasteiger partial charge in [0.2, 0.25) is 0 Å². The standard InChI is InChI=1S/C15H19F4NOS/c16-12-5-3-11(4-6-12)14(15(17,18)19)20-13(7-21)9-22-8-10-1-2-10/h3-6,10,13-14,20-21H,1-2,7-9H2/t13?,14-/m1/s1. The molecular weight excluding hydrogens is 318 g/mol. The first-order valence-electron chi connectivity index (χ1n) is 7.17. The van der Waals surface area contributed by atoms with Crippen LogP contribution in [0.15, 0.2) is 24.3 Å². The van der Waals surface area contributed by atoms with Crippen molar-refractivity contribution in [2.75, 3.05) is 18.1 Å². The van der Waals surface area contributed by atoms with E-state index in [4.69, 9.17) is 0 Å². The van der Waals surface area contributed by atoms with E-state index in [1.807, 2.05) is 0 Å². The summed E-state index contributed by atoms with van der Waals surface area (Å²) >= 11 is 1.56. The van der Waals surface area contributed by atoms with Gasteiger partial charge in [-0.2, -0.15) is 24.9 Å². The van der Waals surface area contributed by atoms with Gasteiger partial charge in [0.15, 0.2) is 0 Å². The average molecular weight is 337 g/mol. The molecule has 0 spiro atoms. The van der Waals surface area contributed by atoms with E-state index >= 15 is 0 Å². The largest absolute Gasteiger partial charge is 0.407 e. The van der Waals surface area contributed by atoms with Gasteiger partial charge in [-0.15, -0.1) is 0 Å². The molecule has 1 fully saturated rings. The number of alkyl halides is 3. The number of hydrogen-bond donors (Lipinski definition) is 2. The molecule has 2 rings (SSSR count). The van der Waals surface area contributed by atoms with Crippen molar-refractivity contribution in [1.82, 2.24) is 5.32 Å². The lowest BCUT2D eigenvalue weighted by Gasteiger charge is -2.27. The zero-order chi connectivity index (χ0) is 16.2. The highest BCUT2D eigenvalue weighted by atomic mass is 32.2. The average Bonchev–Trinajstić information content (AvgIpc) is 3.27. The molecule has 1 aromatic carbocycles. The molecule has 1 unspecified atom stereocenters. The normalized spacial score (nSPS) is 18.2. The molecule has 0 radical (unpaired) electrons. The van der Waals surface area contributed by atoms with Gasteiger partial charge in [-0.1, -0.05) is 12.1 Å². The summed E-state index contributed by atoms with van der Waals surface area (Å²) in [5.41, 5.74) is -0.0560. The van der Waals surface area contributed by atoms with Crippen LogP contribution in [0, 0.1) is 11.7 Å². The van der Waals surface area contributed by atoms with Gasteiger partial charge in [0.25, 0.3) is 0 Å². The summed E-state index contributed by atoms with van der Waals surface area (Å²) in [6.45, 7) is -0.370. The summed E-state index contributed by atoms with van der Waals surface area (Å²) in [5, 5.41) is 11.8. The molecule has 124 valence electrons. The van der Waals surface area contributed by atoms with Crippen LogP contribution in [0.2, 0.25) is 0 Å². The highest BCUT2D eigenvalue weighted by Gasteiger charge is 2.41. The number of nitrogens with one attached hydrogen (secondary N) is 1. The number of rotatable bonds is 8. The van der Waals surface area contributed by atoms with Crippen LogP contribution in [0.3, 0.4) is 0 Å². The fraction of sp³-hybridized carbons (Fsp3) is 0.600. The molecule has 2 atom stereocenters. The molecule has 2 N–H and O–H groups in total. The third-order valence-electron chi connectivity index (χ3n) is 3.52. The quantitative estimate of drug-likeness (QED) is 0.712. The summed E-state index contributed by atoms with van der Waals surface area (Å²) in [5.74, 6) is 1.44. The maximum atomic E-state index is 13.2. The Kier molecular flexibility index (Phi) is 6.11. The molecule has 0 heterocycles. The van der Waals surface area contributed by atoms with Gasteiger partial charge in [-0.25, -0.2) is 4.39 Å². The molecule has 22 heavy (non-hydrogen) atoms. The van der Waals surface area contributed by atoms with E-state index in [2.05, 4.69) is 5.32 Å². The Hall–Kier alpha value is -0.790. The first-order chi connectivity index (χ1) is 10.4. The summed E-state index contributed by atoms with van der Waals surface area (Å²) in [4.78, 5) is 0. The predicted octanol–water partition coefficient (Wildman–Crippen LogP) is 3.52. The number of benzene rings is 1. The molecule has 0 aliphatic heterocycles. The van der Waals surface area contributed by atoms with Crippen molar-refractivity contribution >= 4 is 11.8 Å². The van der Waals surface area contributed by atoms with Crippen molar-refractivity contribution in [2.24, 2.45) is 5.92 Å². The minimum atomic E-state index is -4.51. The lowest BCUT2D eigenvalue weighted by atomic mass is 10.1. The number of aliphatic hydroxyl groups excluding tert-OH is 1. The Balaban J connectivity index is 1.99. The second kappa shape index (κ2) is 7.66. The number of aliphatic hydroxyl groups is 1. The minimum Gasteiger partial charge on any atom is -0.395 e. The van der Waals surface area contributed by atoms with Crippen molar-refractivity contribution in [3.8, 4) is 0 Å². The predicted molar refractivity (Wildman–Crippen MR) is 79.3 cm³/mol. The molecule has 0 bridgehead atoms. The first kappa shape index (κ1) is 17.6. The Morgan fingerprint density at radius 1 is 1.23 bits per heavy atom. The van der Waals surface area contributed by atoms with Crippen LogP contribution >= 0.6 is 11.8 Å². The smallest absolute Gasteiger partial charge is 0.395 e. The van der Waals surface area contributed by atoms with Gasteiger partial charge in [0, 0.05) is 11.8 Å². The van der Waals surface area contributed by atoms with Crippen LogP contribution in [0.1, 0.15) is 24.4 Å². The minimum absolute atomic E-state index is 0.0560. The van der Waals surface area contributed by atoms with Gasteiger partial charge in [-0.05, 0) is 42.2 Å². The fourth-order valence-corrected chi connectivity index (χ4v) is 3.37. The molecular formula is C15H19F4NOS. The topological polar surface area (TPSA) is 32.3 Å². The zero-order valence-electron chi connectivity index (χ0n) is 11.9. The Labute approximate surface area is 131 Å². The molecule has 0 aromatic heterocycles. The lowest BCUT2D eigenvalue weighted by molar-refractivity contribution is -0.159. The van der Waals surface area contributed by atoms with E-state index in [0.29, 0.717) is 11.7 Å². The summed E-state index contributed by atoms with van der Waals surface area (Å²) in [7, 11) is 0. The molecule has 1 aliphatic rings. The Morgan fingerprint density at radius 3 is 2.36 bits per heavy atom. The van der Waals surface area contributed by atoms with Crippen LogP contribution < -0.4 is 5.32 Å². The van der Waals surface area contributed by atoms with E-state index in [-0.39, 0.29) is 12.2 Å². The number of halogens is 4. The second-order valence-corrected chi connectivity index (χ2v) is 6.63. The van der Waals surface area contributed by atoms with Crippen molar-refractivity contribution in [1.29, 1.82) is 0 Å². The van der Waals surface area contributed by atoms with Crippen molar-refractivity contribution in [3.05, 3.63) is 35.6 Å². The van der Waals surface area contributed by atoms with Crippen molar-refractivity contribution < 1.29 is 22.7 Å². The summed E-state index contributed by atoms with van der Waals surface area (Å²) < 4.78 is 52.5. The number of thioether (sulfide) groups is 1. The van der Waals surface area contributed by atoms with Crippen LogP contribution in [0.4, 0.5) is 17.6 Å². The molecule has 0 saturated heterocycles. The van der Waals surface area contributed by atoms with E-state index in [1.54, 1.807) is 11.8 Å². The zero-order valence-corrected chi connectivity index (χ0v) is 12.8. The van der Waals surface area contributed by atoms with Gasteiger partial charge in [0.1, 0.15) is 11.9 Å². The van der Waals surface area contributed by atoms with Crippen LogP contribution in [0.25, 0.3) is 0 Å². The van der Waals surface area contributed by atoms with Gasteiger partial charge in [0.05, 0.1) is 6.61 Å². The summed E-state index contributed by atoms with van der Waals surface area (Å²) in [6, 6.07) is 1.68. The van der Waals surface area contributed by atoms with Crippen LogP contribution in [0.5, 0.6) is 0 Å². The van der Waals surface area contributed by atoms with E-state index < -0.39 is 24.1 Å². The van der Waals surface area contributed by atoms with E-state index in [9.17, 15) is 22.7 Å². The first-order valence-corrected chi connectivity index (χ1v) is 8.32. The van der Waals surface area contributed by atoms with E-state index in [0.717, 1.165) is 30.0 Å². The van der Waals surface area contributed by atoms with Crippen LogP contribution in [-0.4, -0.2) is 35.4 Å². The van der Waals surface area contributed by atoms with Gasteiger partial charge >= 0.3 is 6.18 Å². The Morgan fingerprint density at radius 2 is 1.86 bits per heavy atom. The maximum absolute atomic E-state index is 13.2. The molecule has 2 nitrogen and oxygen atoms in total. The maximum Gasteiger partial charge on any atom is 0.407 e. The molecule has 7 heteroatoms. The molecule has 0 amide bonds. The summed E-state index contributed by atoms with van der Waals surface area (Å²) in [6.07, 6.45) is -2.14. The van der Waals surface area contributed by atoms with Crippen LogP contribution in [-0.2, 0) is 0 Å². The van der Waals surface area contributed by atoms with Gasteiger partial charge < -0.3 is 5.11 Å². The Bertz CT molecular complexity index is 462.